The molecule has 0 saturated heterocycles. The minimum absolute atomic E-state index is 0.885. The van der Waals surface area contributed by atoms with Crippen molar-refractivity contribution in [2.45, 2.75) is 25.7 Å². The number of rotatable bonds is 5. The third-order valence-electron chi connectivity index (χ3n) is 2.20. The number of terminal acetylenes is 1. The topological polar surface area (TPSA) is 9.23 Å². The molecular formula is C13H16O. The molecule has 0 aromatic heterocycles. The highest BCUT2D eigenvalue weighted by molar-refractivity contribution is 5.27. The molecule has 1 aromatic carbocycles. The molecule has 0 aliphatic carbocycles. The van der Waals surface area contributed by atoms with Crippen LogP contribution in [0.4, 0.5) is 0 Å². The molecule has 0 N–H and O–H groups in total. The Bertz CT molecular complexity index is 292. The maximum Gasteiger partial charge on any atom is 0.118 e. The van der Waals surface area contributed by atoms with Gasteiger partial charge in [0.2, 0.25) is 0 Å². The van der Waals surface area contributed by atoms with Crippen molar-refractivity contribution in [3.05, 3.63) is 29.8 Å². The van der Waals surface area contributed by atoms with Gasteiger partial charge in [-0.2, -0.15) is 0 Å². The molecule has 0 radical (unpaired) electrons. The standard InChI is InChI=1S/C13H16O/c1-3-4-5-6-7-12-8-10-13(14-2)11-9-12/h1,8-11H,4-7H2,2H3. The second-order valence-electron chi connectivity index (χ2n) is 3.26. The summed E-state index contributed by atoms with van der Waals surface area (Å²) in [7, 11) is 1.68. The van der Waals surface area contributed by atoms with E-state index in [9.17, 15) is 0 Å². The van der Waals surface area contributed by atoms with Gasteiger partial charge in [-0.05, 0) is 37.0 Å². The van der Waals surface area contributed by atoms with Crippen molar-refractivity contribution in [1.29, 1.82) is 0 Å². The summed E-state index contributed by atoms with van der Waals surface area (Å²) in [6, 6.07) is 8.20. The molecule has 0 atom stereocenters. The fourth-order valence-corrected chi connectivity index (χ4v) is 1.35. The first-order valence-electron chi connectivity index (χ1n) is 4.93. The first kappa shape index (κ1) is 10.7. The fourth-order valence-electron chi connectivity index (χ4n) is 1.35. The highest BCUT2D eigenvalue weighted by Crippen LogP contribution is 2.13. The first-order valence-corrected chi connectivity index (χ1v) is 4.93. The van der Waals surface area contributed by atoms with E-state index in [4.69, 9.17) is 11.2 Å². The molecule has 0 bridgehead atoms. The van der Waals surface area contributed by atoms with Crippen LogP contribution in [0.25, 0.3) is 0 Å². The second-order valence-corrected chi connectivity index (χ2v) is 3.26. The average Bonchev–Trinajstić information content (AvgIpc) is 2.25. The maximum atomic E-state index is 5.18. The van der Waals surface area contributed by atoms with Gasteiger partial charge in [0, 0.05) is 6.42 Å². The van der Waals surface area contributed by atoms with Crippen LogP contribution in [-0.4, -0.2) is 7.11 Å². The zero-order chi connectivity index (χ0) is 10.2. The Kier molecular flexibility index (Phi) is 4.64. The smallest absolute Gasteiger partial charge is 0.118 e. The average molecular weight is 188 g/mol. The molecule has 14 heavy (non-hydrogen) atoms. The molecule has 1 aromatic rings. The molecular weight excluding hydrogens is 172 g/mol. The van der Waals surface area contributed by atoms with Crippen molar-refractivity contribution >= 4 is 0 Å². The van der Waals surface area contributed by atoms with E-state index in [1.165, 1.54) is 5.56 Å². The monoisotopic (exact) mass is 188 g/mol. The van der Waals surface area contributed by atoms with Crippen molar-refractivity contribution < 1.29 is 4.74 Å². The molecule has 0 spiro atoms. The molecule has 0 heterocycles. The van der Waals surface area contributed by atoms with Crippen LogP contribution in [0.5, 0.6) is 5.75 Å². The van der Waals surface area contributed by atoms with E-state index in [2.05, 4.69) is 18.1 Å². The van der Waals surface area contributed by atoms with Crippen molar-refractivity contribution in [1.82, 2.24) is 0 Å². The molecule has 0 saturated carbocycles. The molecule has 0 fully saturated rings. The summed E-state index contributed by atoms with van der Waals surface area (Å²) in [5, 5.41) is 0. The number of methoxy groups -OCH3 is 1. The van der Waals surface area contributed by atoms with Crippen LogP contribution < -0.4 is 4.74 Å². The van der Waals surface area contributed by atoms with Gasteiger partial charge in [0.15, 0.2) is 0 Å². The zero-order valence-electron chi connectivity index (χ0n) is 8.62. The maximum absolute atomic E-state index is 5.18. The van der Waals surface area contributed by atoms with E-state index in [0.717, 1.165) is 31.4 Å². The van der Waals surface area contributed by atoms with Crippen LogP contribution in [0.3, 0.4) is 0 Å². The minimum Gasteiger partial charge on any atom is -0.497 e. The molecule has 0 unspecified atom stereocenters. The Morgan fingerprint density at radius 2 is 1.93 bits per heavy atom. The molecule has 0 aliphatic heterocycles. The van der Waals surface area contributed by atoms with Crippen molar-refractivity contribution in [2.75, 3.05) is 7.11 Å². The second kappa shape index (κ2) is 6.10. The van der Waals surface area contributed by atoms with Gasteiger partial charge < -0.3 is 4.74 Å². The van der Waals surface area contributed by atoms with E-state index in [0.29, 0.717) is 0 Å². The Balaban J connectivity index is 2.33. The lowest BCUT2D eigenvalue weighted by Crippen LogP contribution is -1.87. The predicted molar refractivity (Wildman–Crippen MR) is 59.4 cm³/mol. The largest absolute Gasteiger partial charge is 0.497 e. The van der Waals surface area contributed by atoms with Crippen LogP contribution in [0.2, 0.25) is 0 Å². The third kappa shape index (κ3) is 3.53. The number of hydrogen-bond acceptors (Lipinski definition) is 1. The quantitative estimate of drug-likeness (QED) is 0.510. The van der Waals surface area contributed by atoms with Crippen molar-refractivity contribution in [3.63, 3.8) is 0 Å². The number of hydrogen-bond donors (Lipinski definition) is 0. The number of unbranched alkanes of at least 4 members (excludes halogenated alkanes) is 2. The van der Waals surface area contributed by atoms with Crippen LogP contribution >= 0.6 is 0 Å². The van der Waals surface area contributed by atoms with Gasteiger partial charge in [-0.1, -0.05) is 12.1 Å². The Labute approximate surface area is 86.1 Å². The number of aryl methyl sites for hydroxylation is 1. The SMILES string of the molecule is C#CCCCCc1ccc(OC)cc1. The lowest BCUT2D eigenvalue weighted by atomic mass is 10.1. The van der Waals surface area contributed by atoms with Crippen LogP contribution in [0, 0.1) is 12.3 Å². The molecule has 0 amide bonds. The number of benzene rings is 1. The molecule has 1 nitrogen and oxygen atoms in total. The fraction of sp³-hybridized carbons (Fsp3) is 0.385. The summed E-state index contributed by atoms with van der Waals surface area (Å²) in [6.07, 6.45) is 9.44. The Hall–Kier alpha value is -1.42. The summed E-state index contributed by atoms with van der Waals surface area (Å²) in [4.78, 5) is 0. The third-order valence-corrected chi connectivity index (χ3v) is 2.20. The number of ether oxygens (including phenoxy) is 1. The van der Waals surface area contributed by atoms with Gasteiger partial charge in [0.25, 0.3) is 0 Å². The van der Waals surface area contributed by atoms with E-state index in [1.54, 1.807) is 7.11 Å². The van der Waals surface area contributed by atoms with Crippen LogP contribution in [0.15, 0.2) is 24.3 Å². The molecule has 74 valence electrons. The van der Waals surface area contributed by atoms with E-state index in [1.807, 2.05) is 12.1 Å². The summed E-state index contributed by atoms with van der Waals surface area (Å²) < 4.78 is 5.09. The van der Waals surface area contributed by atoms with Gasteiger partial charge in [-0.25, -0.2) is 0 Å². The molecule has 1 rings (SSSR count). The first-order chi connectivity index (χ1) is 6.86. The van der Waals surface area contributed by atoms with Gasteiger partial charge in [-0.15, -0.1) is 12.3 Å². The highest BCUT2D eigenvalue weighted by Gasteiger charge is 1.94. The molecule has 1 heteroatoms. The summed E-state index contributed by atoms with van der Waals surface area (Å²) >= 11 is 0. The van der Waals surface area contributed by atoms with Crippen molar-refractivity contribution in [2.24, 2.45) is 0 Å². The lowest BCUT2D eigenvalue weighted by Gasteiger charge is -2.02. The predicted octanol–water partition coefficient (Wildman–Crippen LogP) is 3.04. The molecule has 0 aliphatic rings. The van der Waals surface area contributed by atoms with Gasteiger partial charge in [-0.3, -0.25) is 0 Å². The summed E-state index contributed by atoms with van der Waals surface area (Å²) in [5.74, 6) is 3.57. The van der Waals surface area contributed by atoms with Crippen LogP contribution in [0.1, 0.15) is 24.8 Å². The van der Waals surface area contributed by atoms with E-state index < -0.39 is 0 Å². The Morgan fingerprint density at radius 1 is 1.21 bits per heavy atom. The Morgan fingerprint density at radius 3 is 2.50 bits per heavy atom. The highest BCUT2D eigenvalue weighted by atomic mass is 16.5. The minimum atomic E-state index is 0.885. The van der Waals surface area contributed by atoms with Crippen molar-refractivity contribution in [3.8, 4) is 18.1 Å². The summed E-state index contributed by atoms with van der Waals surface area (Å²) in [5.41, 5.74) is 1.35. The summed E-state index contributed by atoms with van der Waals surface area (Å²) in [6.45, 7) is 0. The van der Waals surface area contributed by atoms with Gasteiger partial charge >= 0.3 is 0 Å². The van der Waals surface area contributed by atoms with E-state index >= 15 is 0 Å². The normalized spacial score (nSPS) is 9.43. The van der Waals surface area contributed by atoms with E-state index in [-0.39, 0.29) is 0 Å². The van der Waals surface area contributed by atoms with Crippen LogP contribution in [-0.2, 0) is 6.42 Å². The van der Waals surface area contributed by atoms with Gasteiger partial charge in [0.05, 0.1) is 7.11 Å². The lowest BCUT2D eigenvalue weighted by molar-refractivity contribution is 0.414. The van der Waals surface area contributed by atoms with Gasteiger partial charge in [0.1, 0.15) is 5.75 Å². The zero-order valence-corrected chi connectivity index (χ0v) is 8.62.